The maximum atomic E-state index is 9.74. The summed E-state index contributed by atoms with van der Waals surface area (Å²) in [5, 5.41) is 28.3. The first-order valence-corrected chi connectivity index (χ1v) is 5.94. The molecule has 7 atom stereocenters. The van der Waals surface area contributed by atoms with E-state index in [1.54, 1.807) is 0 Å². The molecule has 2 aliphatic heterocycles. The molecule has 0 saturated carbocycles. The molecule has 2 heterocycles. The summed E-state index contributed by atoms with van der Waals surface area (Å²) in [5.41, 5.74) is 0. The van der Waals surface area contributed by atoms with Gasteiger partial charge in [0.2, 0.25) is 0 Å². The van der Waals surface area contributed by atoms with Crippen molar-refractivity contribution in [2.24, 2.45) is 5.92 Å². The number of hydrogen-bond acceptors (Lipinski definition) is 6. The predicted octanol–water partition coefficient (Wildman–Crippen LogP) is -1.13. The molecule has 0 aromatic heterocycles. The smallest absolute Gasteiger partial charge is 0.187 e. The van der Waals surface area contributed by atoms with E-state index >= 15 is 0 Å². The summed E-state index contributed by atoms with van der Waals surface area (Å²) in [5.74, 6) is 0.214. The fraction of sp³-hybridized carbons (Fsp3) is 1.00. The van der Waals surface area contributed by atoms with Crippen LogP contribution in [0.2, 0.25) is 0 Å². The van der Waals surface area contributed by atoms with E-state index in [9.17, 15) is 10.2 Å². The highest BCUT2D eigenvalue weighted by Crippen LogP contribution is 2.29. The predicted molar refractivity (Wildman–Crippen MR) is 57.2 cm³/mol. The van der Waals surface area contributed by atoms with Crippen LogP contribution >= 0.6 is 0 Å². The van der Waals surface area contributed by atoms with Gasteiger partial charge in [0.1, 0.15) is 18.3 Å². The Morgan fingerprint density at radius 1 is 1.24 bits per heavy atom. The van der Waals surface area contributed by atoms with Gasteiger partial charge in [0.15, 0.2) is 6.29 Å². The number of rotatable bonds is 3. The van der Waals surface area contributed by atoms with Gasteiger partial charge in [-0.2, -0.15) is 0 Å². The number of hydrogen-bond donors (Lipinski definition) is 3. The molecule has 100 valence electrons. The first-order valence-electron chi connectivity index (χ1n) is 5.94. The minimum Gasteiger partial charge on any atom is -0.394 e. The molecule has 0 aromatic carbocycles. The maximum absolute atomic E-state index is 9.74. The van der Waals surface area contributed by atoms with E-state index in [1.165, 1.54) is 0 Å². The van der Waals surface area contributed by atoms with Crippen LogP contribution in [-0.4, -0.2) is 65.3 Å². The first-order chi connectivity index (χ1) is 8.04. The van der Waals surface area contributed by atoms with Crippen molar-refractivity contribution in [3.63, 3.8) is 0 Å². The fourth-order valence-electron chi connectivity index (χ4n) is 2.33. The molecule has 2 fully saturated rings. The van der Waals surface area contributed by atoms with Gasteiger partial charge in [-0.15, -0.1) is 0 Å². The van der Waals surface area contributed by atoms with E-state index in [0.29, 0.717) is 6.61 Å². The first kappa shape index (κ1) is 13.2. The summed E-state index contributed by atoms with van der Waals surface area (Å²) in [6.45, 7) is 4.16. The summed E-state index contributed by atoms with van der Waals surface area (Å²) in [6.07, 6.45) is -4.17. The van der Waals surface area contributed by atoms with Crippen molar-refractivity contribution in [2.45, 2.75) is 50.7 Å². The second kappa shape index (κ2) is 5.17. The minimum atomic E-state index is -1.13. The SMILES string of the molecule is CC1COC(C)C1OC1OC(CO)C(O)C1O. The molecule has 7 unspecified atom stereocenters. The van der Waals surface area contributed by atoms with Crippen molar-refractivity contribution in [1.29, 1.82) is 0 Å². The highest BCUT2D eigenvalue weighted by Gasteiger charge is 2.46. The average molecular weight is 248 g/mol. The van der Waals surface area contributed by atoms with Crippen molar-refractivity contribution < 1.29 is 29.5 Å². The van der Waals surface area contributed by atoms with Crippen LogP contribution in [0, 0.1) is 5.92 Å². The van der Waals surface area contributed by atoms with Crippen LogP contribution in [0.5, 0.6) is 0 Å². The van der Waals surface area contributed by atoms with E-state index < -0.39 is 24.6 Å². The Morgan fingerprint density at radius 2 is 1.94 bits per heavy atom. The van der Waals surface area contributed by atoms with Crippen molar-refractivity contribution in [3.8, 4) is 0 Å². The molecule has 0 spiro atoms. The molecule has 3 N–H and O–H groups in total. The lowest BCUT2D eigenvalue weighted by Gasteiger charge is -2.24. The Morgan fingerprint density at radius 3 is 2.41 bits per heavy atom. The van der Waals surface area contributed by atoms with Crippen LogP contribution in [0.4, 0.5) is 0 Å². The van der Waals surface area contributed by atoms with Crippen molar-refractivity contribution in [3.05, 3.63) is 0 Å². The Kier molecular flexibility index (Phi) is 4.02. The Hall–Kier alpha value is -0.240. The summed E-state index contributed by atoms with van der Waals surface area (Å²) in [7, 11) is 0. The molecular weight excluding hydrogens is 228 g/mol. The summed E-state index contributed by atoms with van der Waals surface area (Å²) < 4.78 is 16.3. The van der Waals surface area contributed by atoms with Gasteiger partial charge in [0.25, 0.3) is 0 Å². The van der Waals surface area contributed by atoms with Crippen LogP contribution in [0.25, 0.3) is 0 Å². The van der Waals surface area contributed by atoms with Crippen LogP contribution in [-0.2, 0) is 14.2 Å². The third-order valence-corrected chi connectivity index (χ3v) is 3.44. The van der Waals surface area contributed by atoms with Gasteiger partial charge in [-0.25, -0.2) is 0 Å². The second-order valence-electron chi connectivity index (χ2n) is 4.82. The highest BCUT2D eigenvalue weighted by atomic mass is 16.7. The third kappa shape index (κ3) is 2.47. The molecule has 6 nitrogen and oxygen atoms in total. The minimum absolute atomic E-state index is 0.0638. The van der Waals surface area contributed by atoms with Gasteiger partial charge in [-0.1, -0.05) is 6.92 Å². The topological polar surface area (TPSA) is 88.4 Å². The van der Waals surface area contributed by atoms with E-state index in [2.05, 4.69) is 0 Å². The van der Waals surface area contributed by atoms with Crippen LogP contribution in [0.15, 0.2) is 0 Å². The second-order valence-corrected chi connectivity index (χ2v) is 4.82. The monoisotopic (exact) mass is 248 g/mol. The summed E-state index contributed by atoms with van der Waals surface area (Å²) >= 11 is 0. The molecule has 0 radical (unpaired) electrons. The van der Waals surface area contributed by atoms with Gasteiger partial charge in [0.05, 0.1) is 25.4 Å². The van der Waals surface area contributed by atoms with E-state index in [4.69, 9.17) is 19.3 Å². The fourth-order valence-corrected chi connectivity index (χ4v) is 2.33. The lowest BCUT2D eigenvalue weighted by molar-refractivity contribution is -0.205. The van der Waals surface area contributed by atoms with Gasteiger partial charge in [-0.3, -0.25) is 0 Å². The zero-order valence-electron chi connectivity index (χ0n) is 10.0. The van der Waals surface area contributed by atoms with E-state index in [1.807, 2.05) is 13.8 Å². The van der Waals surface area contributed by atoms with Crippen molar-refractivity contribution in [2.75, 3.05) is 13.2 Å². The molecule has 0 aliphatic carbocycles. The van der Waals surface area contributed by atoms with Crippen LogP contribution < -0.4 is 0 Å². The van der Waals surface area contributed by atoms with E-state index in [-0.39, 0.29) is 24.7 Å². The molecule has 2 rings (SSSR count). The highest BCUT2D eigenvalue weighted by molar-refractivity contribution is 4.88. The molecule has 2 aliphatic rings. The Balaban J connectivity index is 1.95. The number of aliphatic hydroxyl groups excluding tert-OH is 3. The molecule has 17 heavy (non-hydrogen) atoms. The van der Waals surface area contributed by atoms with Crippen molar-refractivity contribution in [1.82, 2.24) is 0 Å². The molecule has 0 aromatic rings. The molecule has 6 heteroatoms. The average Bonchev–Trinajstić information content (AvgIpc) is 2.76. The lowest BCUT2D eigenvalue weighted by Crippen LogP contribution is -2.38. The Bertz CT molecular complexity index is 250. The normalized spacial score (nSPS) is 51.0. The number of ether oxygens (including phenoxy) is 3. The molecule has 0 bridgehead atoms. The largest absolute Gasteiger partial charge is 0.394 e. The maximum Gasteiger partial charge on any atom is 0.187 e. The standard InChI is InChI=1S/C11H20O6/c1-5-4-15-6(2)10(5)17-11-9(14)8(13)7(3-12)16-11/h5-14H,3-4H2,1-2H3. The molecular formula is C11H20O6. The Labute approximate surface area is 100 Å². The van der Waals surface area contributed by atoms with Gasteiger partial charge < -0.3 is 29.5 Å². The zero-order chi connectivity index (χ0) is 12.6. The summed E-state index contributed by atoms with van der Waals surface area (Å²) in [6, 6.07) is 0. The molecule has 0 amide bonds. The van der Waals surface area contributed by atoms with E-state index in [0.717, 1.165) is 0 Å². The number of aliphatic hydroxyl groups is 3. The summed E-state index contributed by atoms with van der Waals surface area (Å²) in [4.78, 5) is 0. The van der Waals surface area contributed by atoms with Gasteiger partial charge in [0, 0.05) is 5.92 Å². The van der Waals surface area contributed by atoms with Crippen molar-refractivity contribution >= 4 is 0 Å². The van der Waals surface area contributed by atoms with Gasteiger partial charge >= 0.3 is 0 Å². The lowest BCUT2D eigenvalue weighted by atomic mass is 10.0. The van der Waals surface area contributed by atoms with Gasteiger partial charge in [-0.05, 0) is 6.92 Å². The quantitative estimate of drug-likeness (QED) is 0.585. The third-order valence-electron chi connectivity index (χ3n) is 3.44. The van der Waals surface area contributed by atoms with Crippen LogP contribution in [0.1, 0.15) is 13.8 Å². The molecule has 2 saturated heterocycles. The zero-order valence-corrected chi connectivity index (χ0v) is 10.0. The van der Waals surface area contributed by atoms with Crippen LogP contribution in [0.3, 0.4) is 0 Å².